The zero-order valence-electron chi connectivity index (χ0n) is 17.0. The minimum Gasteiger partial charge on any atom is -0.322 e. The third-order valence-electron chi connectivity index (χ3n) is 5.22. The lowest BCUT2D eigenvalue weighted by Gasteiger charge is -2.12. The number of hydrogen-bond acceptors (Lipinski definition) is 5. The van der Waals surface area contributed by atoms with Gasteiger partial charge in [-0.3, -0.25) is 9.78 Å². The SMILES string of the molecule is O=C(Nc1cccc(S(=O)(=O)NC2CC2)c1)c1cc(-c2cccnc2)nc2ccccc12. The molecule has 2 heterocycles. The molecule has 0 atom stereocenters. The van der Waals surface area contributed by atoms with E-state index in [4.69, 9.17) is 0 Å². The molecule has 1 aliphatic carbocycles. The summed E-state index contributed by atoms with van der Waals surface area (Å²) in [6.07, 6.45) is 5.07. The maximum Gasteiger partial charge on any atom is 0.256 e. The summed E-state index contributed by atoms with van der Waals surface area (Å²) in [5, 5.41) is 3.54. The summed E-state index contributed by atoms with van der Waals surface area (Å²) in [4.78, 5) is 22.2. The molecule has 0 saturated heterocycles. The van der Waals surface area contributed by atoms with Crippen molar-refractivity contribution in [2.75, 3.05) is 5.32 Å². The average molecular weight is 445 g/mol. The van der Waals surface area contributed by atoms with E-state index in [-0.39, 0.29) is 16.8 Å². The van der Waals surface area contributed by atoms with E-state index < -0.39 is 10.0 Å². The molecule has 8 heteroatoms. The standard InChI is InChI=1S/C24H20N4O3S/c29-24(26-18-6-3-7-19(13-18)32(30,31)28-17-10-11-17)21-14-23(16-5-4-12-25-15-16)27-22-9-2-1-8-20(21)22/h1-9,12-15,17,28H,10-11H2,(H,26,29). The van der Waals surface area contributed by atoms with Crippen molar-refractivity contribution < 1.29 is 13.2 Å². The van der Waals surface area contributed by atoms with Gasteiger partial charge in [-0.2, -0.15) is 0 Å². The zero-order valence-corrected chi connectivity index (χ0v) is 17.8. The van der Waals surface area contributed by atoms with E-state index in [0.29, 0.717) is 27.8 Å². The second-order valence-corrected chi connectivity index (χ2v) is 9.41. The number of hydrogen-bond donors (Lipinski definition) is 2. The van der Waals surface area contributed by atoms with Crippen molar-refractivity contribution in [3.05, 3.63) is 84.7 Å². The molecule has 1 aliphatic rings. The monoisotopic (exact) mass is 444 g/mol. The van der Waals surface area contributed by atoms with Gasteiger partial charge in [0.1, 0.15) is 0 Å². The minimum atomic E-state index is -3.62. The number of rotatable bonds is 6. The van der Waals surface area contributed by atoms with Crippen molar-refractivity contribution in [3.8, 4) is 11.3 Å². The van der Waals surface area contributed by atoms with Crippen LogP contribution in [-0.2, 0) is 10.0 Å². The van der Waals surface area contributed by atoms with Gasteiger partial charge in [0.05, 0.1) is 21.7 Å². The second-order valence-electron chi connectivity index (χ2n) is 7.69. The molecule has 1 amide bonds. The zero-order chi connectivity index (χ0) is 22.1. The summed E-state index contributed by atoms with van der Waals surface area (Å²) < 4.78 is 27.7. The Hall–Kier alpha value is -3.62. The van der Waals surface area contributed by atoms with E-state index in [1.807, 2.05) is 36.4 Å². The van der Waals surface area contributed by atoms with Crippen molar-refractivity contribution in [3.63, 3.8) is 0 Å². The smallest absolute Gasteiger partial charge is 0.256 e. The van der Waals surface area contributed by atoms with Gasteiger partial charge in [-0.1, -0.05) is 24.3 Å². The molecule has 2 aromatic heterocycles. The molecule has 1 saturated carbocycles. The summed E-state index contributed by atoms with van der Waals surface area (Å²) in [6, 6.07) is 19.1. The fourth-order valence-corrected chi connectivity index (χ4v) is 4.80. The third kappa shape index (κ3) is 4.23. The molecular formula is C24H20N4O3S. The Balaban J connectivity index is 1.50. The van der Waals surface area contributed by atoms with Crippen LogP contribution in [0, 0.1) is 0 Å². The summed E-state index contributed by atoms with van der Waals surface area (Å²) in [7, 11) is -3.62. The molecule has 4 aromatic rings. The van der Waals surface area contributed by atoms with Crippen LogP contribution < -0.4 is 10.0 Å². The first kappa shape index (κ1) is 20.3. The van der Waals surface area contributed by atoms with Gasteiger partial charge in [0.2, 0.25) is 10.0 Å². The number of pyridine rings is 2. The van der Waals surface area contributed by atoms with E-state index in [2.05, 4.69) is 20.0 Å². The van der Waals surface area contributed by atoms with Crippen LogP contribution in [0.1, 0.15) is 23.2 Å². The molecule has 0 spiro atoms. The Labute approximate surface area is 185 Å². The Morgan fingerprint density at radius 2 is 1.81 bits per heavy atom. The van der Waals surface area contributed by atoms with Crippen molar-refractivity contribution in [1.29, 1.82) is 0 Å². The highest BCUT2D eigenvalue weighted by Crippen LogP contribution is 2.26. The van der Waals surface area contributed by atoms with E-state index >= 15 is 0 Å². The highest BCUT2D eigenvalue weighted by Gasteiger charge is 2.28. The number of nitrogens with one attached hydrogen (secondary N) is 2. The molecule has 5 rings (SSSR count). The van der Waals surface area contributed by atoms with Crippen molar-refractivity contribution in [1.82, 2.24) is 14.7 Å². The molecule has 0 bridgehead atoms. The fourth-order valence-electron chi connectivity index (χ4n) is 3.45. The first-order valence-electron chi connectivity index (χ1n) is 10.2. The number of sulfonamides is 1. The third-order valence-corrected chi connectivity index (χ3v) is 6.74. The molecular weight excluding hydrogens is 424 g/mol. The number of nitrogens with zero attached hydrogens (tertiary/aromatic N) is 2. The first-order chi connectivity index (χ1) is 15.5. The van der Waals surface area contributed by atoms with Gasteiger partial charge in [-0.05, 0) is 55.3 Å². The lowest BCUT2D eigenvalue weighted by atomic mass is 10.0. The number of para-hydroxylation sites is 1. The number of amides is 1. The summed E-state index contributed by atoms with van der Waals surface area (Å²) in [5.41, 5.74) is 2.96. The quantitative estimate of drug-likeness (QED) is 0.468. The molecule has 2 aromatic carbocycles. The van der Waals surface area contributed by atoms with E-state index in [0.717, 1.165) is 18.4 Å². The van der Waals surface area contributed by atoms with Gasteiger partial charge in [0.25, 0.3) is 5.91 Å². The van der Waals surface area contributed by atoms with Crippen LogP contribution in [0.3, 0.4) is 0 Å². The largest absolute Gasteiger partial charge is 0.322 e. The lowest BCUT2D eigenvalue weighted by molar-refractivity contribution is 0.102. The molecule has 2 N–H and O–H groups in total. The molecule has 7 nitrogen and oxygen atoms in total. The second kappa shape index (κ2) is 8.14. The maximum absolute atomic E-state index is 13.2. The lowest BCUT2D eigenvalue weighted by Crippen LogP contribution is -2.25. The maximum atomic E-state index is 13.2. The van der Waals surface area contributed by atoms with E-state index in [1.54, 1.807) is 30.6 Å². The van der Waals surface area contributed by atoms with Gasteiger partial charge in [0.15, 0.2) is 0 Å². The van der Waals surface area contributed by atoms with Crippen molar-refractivity contribution in [2.24, 2.45) is 0 Å². The fraction of sp³-hybridized carbons (Fsp3) is 0.125. The van der Waals surface area contributed by atoms with Crippen LogP contribution in [0.25, 0.3) is 22.2 Å². The van der Waals surface area contributed by atoms with Crippen LogP contribution in [0.15, 0.2) is 84.0 Å². The predicted octanol–water partition coefficient (Wildman–Crippen LogP) is 3.99. The summed E-state index contributed by atoms with van der Waals surface area (Å²) >= 11 is 0. The van der Waals surface area contributed by atoms with Gasteiger partial charge in [0, 0.05) is 35.1 Å². The summed E-state index contributed by atoms with van der Waals surface area (Å²) in [5.74, 6) is -0.349. The first-order valence-corrected chi connectivity index (χ1v) is 11.7. The van der Waals surface area contributed by atoms with Gasteiger partial charge in [-0.25, -0.2) is 18.1 Å². The molecule has 160 valence electrons. The Morgan fingerprint density at radius 1 is 0.969 bits per heavy atom. The van der Waals surface area contributed by atoms with Crippen LogP contribution in [0.2, 0.25) is 0 Å². The normalized spacial score (nSPS) is 13.8. The Morgan fingerprint density at radius 3 is 2.59 bits per heavy atom. The molecule has 32 heavy (non-hydrogen) atoms. The molecule has 1 fully saturated rings. The average Bonchev–Trinajstić information content (AvgIpc) is 3.62. The highest BCUT2D eigenvalue weighted by atomic mass is 32.2. The summed E-state index contributed by atoms with van der Waals surface area (Å²) in [6.45, 7) is 0. The predicted molar refractivity (Wildman–Crippen MR) is 123 cm³/mol. The van der Waals surface area contributed by atoms with Crippen molar-refractivity contribution in [2.45, 2.75) is 23.8 Å². The van der Waals surface area contributed by atoms with Gasteiger partial charge < -0.3 is 5.32 Å². The van der Waals surface area contributed by atoms with Crippen LogP contribution in [-0.4, -0.2) is 30.3 Å². The van der Waals surface area contributed by atoms with Crippen LogP contribution in [0.5, 0.6) is 0 Å². The molecule has 0 aliphatic heterocycles. The van der Waals surface area contributed by atoms with Crippen molar-refractivity contribution >= 4 is 32.5 Å². The Bertz CT molecular complexity index is 1420. The molecule has 0 radical (unpaired) electrons. The Kier molecular flexibility index (Phi) is 5.16. The van der Waals surface area contributed by atoms with Crippen LogP contribution >= 0.6 is 0 Å². The number of fused-ring (bicyclic) bond motifs is 1. The van der Waals surface area contributed by atoms with Gasteiger partial charge in [-0.15, -0.1) is 0 Å². The van der Waals surface area contributed by atoms with Gasteiger partial charge >= 0.3 is 0 Å². The van der Waals surface area contributed by atoms with E-state index in [9.17, 15) is 13.2 Å². The minimum absolute atomic E-state index is 0.00679. The number of anilines is 1. The van der Waals surface area contributed by atoms with Crippen LogP contribution in [0.4, 0.5) is 5.69 Å². The molecule has 0 unspecified atom stereocenters. The number of aromatic nitrogens is 2. The van der Waals surface area contributed by atoms with E-state index in [1.165, 1.54) is 12.1 Å². The highest BCUT2D eigenvalue weighted by molar-refractivity contribution is 7.89. The number of carbonyl (C=O) groups excluding carboxylic acids is 1. The number of carbonyl (C=O) groups is 1. The number of benzene rings is 2. The topological polar surface area (TPSA) is 101 Å².